The van der Waals surface area contributed by atoms with Gasteiger partial charge in [0.1, 0.15) is 0 Å². The molecule has 0 spiro atoms. The molecule has 0 atom stereocenters. The van der Waals surface area contributed by atoms with Crippen molar-refractivity contribution < 1.29 is 4.79 Å². The summed E-state index contributed by atoms with van der Waals surface area (Å²) in [6.45, 7) is 0.585. The number of aldehydes is 1. The first-order chi connectivity index (χ1) is 10.1. The molecule has 5 heteroatoms. The Morgan fingerprint density at radius 2 is 1.81 bits per heavy atom. The molecule has 2 nitrogen and oxygen atoms in total. The summed E-state index contributed by atoms with van der Waals surface area (Å²) < 4.78 is 1.98. The van der Waals surface area contributed by atoms with E-state index >= 15 is 0 Å². The van der Waals surface area contributed by atoms with Crippen LogP contribution in [0.4, 0.5) is 0 Å². The maximum Gasteiger partial charge on any atom is 0.152 e. The summed E-state index contributed by atoms with van der Waals surface area (Å²) in [6.07, 6.45) is 2.66. The monoisotopic (exact) mass is 337 g/mol. The normalized spacial score (nSPS) is 11.0. The first kappa shape index (κ1) is 14.5. The molecule has 0 radical (unpaired) electrons. The first-order valence-corrected chi connectivity index (χ1v) is 7.39. The van der Waals surface area contributed by atoms with E-state index in [0.29, 0.717) is 27.2 Å². The van der Waals surface area contributed by atoms with Crippen molar-refractivity contribution in [3.8, 4) is 0 Å². The third-order valence-corrected chi connectivity index (χ3v) is 4.31. The number of fused-ring (bicyclic) bond motifs is 1. The SMILES string of the molecule is O=Cc1cn(Cc2ccc(Cl)c(Cl)c2)c2cc(Cl)ccc12. The molecule has 106 valence electrons. The standard InChI is InChI=1S/C16H10Cl3NO/c17-12-2-3-13-11(9-21)8-20(16(13)6-12)7-10-1-4-14(18)15(19)5-10/h1-6,8-9H,7H2. The van der Waals surface area contributed by atoms with Gasteiger partial charge in [-0.25, -0.2) is 0 Å². The van der Waals surface area contributed by atoms with E-state index in [1.807, 2.05) is 35.0 Å². The lowest BCUT2D eigenvalue weighted by Crippen LogP contribution is -1.98. The predicted molar refractivity (Wildman–Crippen MR) is 87.9 cm³/mol. The van der Waals surface area contributed by atoms with Gasteiger partial charge in [0.05, 0.1) is 15.6 Å². The molecule has 0 amide bonds. The molecule has 0 saturated heterocycles. The third kappa shape index (κ3) is 2.80. The van der Waals surface area contributed by atoms with Gasteiger partial charge < -0.3 is 4.57 Å². The molecule has 0 fully saturated rings. The highest BCUT2D eigenvalue weighted by Crippen LogP contribution is 2.27. The van der Waals surface area contributed by atoms with Crippen molar-refractivity contribution >= 4 is 52.0 Å². The smallest absolute Gasteiger partial charge is 0.152 e. The molecule has 1 aromatic heterocycles. The maximum absolute atomic E-state index is 11.2. The highest BCUT2D eigenvalue weighted by molar-refractivity contribution is 6.42. The van der Waals surface area contributed by atoms with E-state index in [9.17, 15) is 4.79 Å². The number of hydrogen-bond donors (Lipinski definition) is 0. The Labute approximate surface area is 136 Å². The molecule has 0 bridgehead atoms. The maximum atomic E-state index is 11.2. The molecule has 2 aromatic carbocycles. The Balaban J connectivity index is 2.09. The molecule has 3 rings (SSSR count). The Morgan fingerprint density at radius 3 is 2.52 bits per heavy atom. The number of benzene rings is 2. The molecule has 0 aliphatic heterocycles. The van der Waals surface area contributed by atoms with Gasteiger partial charge in [-0.2, -0.15) is 0 Å². The average molecular weight is 339 g/mol. The summed E-state index contributed by atoms with van der Waals surface area (Å²) in [6, 6.07) is 11.0. The molecule has 3 aromatic rings. The van der Waals surface area contributed by atoms with Crippen LogP contribution in [0.25, 0.3) is 10.9 Å². The Bertz CT molecular complexity index is 839. The predicted octanol–water partition coefficient (Wildman–Crippen LogP) is 5.46. The van der Waals surface area contributed by atoms with Gasteiger partial charge >= 0.3 is 0 Å². The number of rotatable bonds is 3. The zero-order chi connectivity index (χ0) is 15.0. The Morgan fingerprint density at radius 1 is 1.00 bits per heavy atom. The number of hydrogen-bond acceptors (Lipinski definition) is 1. The number of nitrogens with zero attached hydrogens (tertiary/aromatic N) is 1. The second-order valence-corrected chi connectivity index (χ2v) is 5.99. The van der Waals surface area contributed by atoms with Gasteiger partial charge in [-0.1, -0.05) is 46.9 Å². The lowest BCUT2D eigenvalue weighted by Gasteiger charge is -2.07. The number of carbonyl (C=O) groups excluding carboxylic acids is 1. The molecule has 0 unspecified atom stereocenters. The second kappa shape index (κ2) is 5.72. The van der Waals surface area contributed by atoms with Crippen LogP contribution in [-0.4, -0.2) is 10.9 Å². The Kier molecular flexibility index (Phi) is 3.94. The minimum absolute atomic E-state index is 0.513. The molecule has 0 N–H and O–H groups in total. The summed E-state index contributed by atoms with van der Waals surface area (Å²) in [5.74, 6) is 0. The van der Waals surface area contributed by atoms with Gasteiger partial charge in [0, 0.05) is 28.7 Å². The van der Waals surface area contributed by atoms with Crippen molar-refractivity contribution in [3.05, 3.63) is 68.8 Å². The summed E-state index contributed by atoms with van der Waals surface area (Å²) in [4.78, 5) is 11.2. The van der Waals surface area contributed by atoms with E-state index in [1.165, 1.54) is 0 Å². The van der Waals surface area contributed by atoms with Crippen molar-refractivity contribution in [2.75, 3.05) is 0 Å². The molecule has 0 aliphatic rings. The average Bonchev–Trinajstić information content (AvgIpc) is 2.80. The summed E-state index contributed by atoms with van der Waals surface area (Å²) in [7, 11) is 0. The van der Waals surface area contributed by atoms with Gasteiger partial charge in [0.2, 0.25) is 0 Å². The highest BCUT2D eigenvalue weighted by atomic mass is 35.5. The van der Waals surface area contributed by atoms with Crippen molar-refractivity contribution in [2.45, 2.75) is 6.54 Å². The minimum atomic E-state index is 0.513. The fraction of sp³-hybridized carbons (Fsp3) is 0.0625. The first-order valence-electron chi connectivity index (χ1n) is 6.26. The molecule has 0 saturated carbocycles. The lowest BCUT2D eigenvalue weighted by atomic mass is 10.2. The van der Waals surface area contributed by atoms with Crippen molar-refractivity contribution in [1.29, 1.82) is 0 Å². The molecular weight excluding hydrogens is 329 g/mol. The van der Waals surface area contributed by atoms with E-state index in [-0.39, 0.29) is 0 Å². The number of carbonyl (C=O) groups is 1. The van der Waals surface area contributed by atoms with Crippen LogP contribution in [0.5, 0.6) is 0 Å². The van der Waals surface area contributed by atoms with E-state index in [4.69, 9.17) is 34.8 Å². The van der Waals surface area contributed by atoms with Gasteiger partial charge in [-0.15, -0.1) is 0 Å². The second-order valence-electron chi connectivity index (χ2n) is 4.74. The van der Waals surface area contributed by atoms with E-state index in [1.54, 1.807) is 12.1 Å². The van der Waals surface area contributed by atoms with Crippen LogP contribution in [0, 0.1) is 0 Å². The molecule has 0 aliphatic carbocycles. The van der Waals surface area contributed by atoms with Gasteiger partial charge in [0.25, 0.3) is 0 Å². The van der Waals surface area contributed by atoms with E-state index in [2.05, 4.69) is 0 Å². The van der Waals surface area contributed by atoms with Crippen molar-refractivity contribution in [3.63, 3.8) is 0 Å². The molecule has 21 heavy (non-hydrogen) atoms. The zero-order valence-corrected chi connectivity index (χ0v) is 13.1. The fourth-order valence-corrected chi connectivity index (χ4v) is 2.84. The largest absolute Gasteiger partial charge is 0.342 e. The quantitative estimate of drug-likeness (QED) is 0.581. The summed E-state index contributed by atoms with van der Waals surface area (Å²) in [5.41, 5.74) is 2.55. The van der Waals surface area contributed by atoms with Crippen LogP contribution in [0.15, 0.2) is 42.6 Å². The van der Waals surface area contributed by atoms with Crippen molar-refractivity contribution in [2.24, 2.45) is 0 Å². The summed E-state index contributed by atoms with van der Waals surface area (Å²) >= 11 is 18.0. The Hall–Kier alpha value is -1.48. The van der Waals surface area contributed by atoms with E-state index < -0.39 is 0 Å². The molecule has 1 heterocycles. The lowest BCUT2D eigenvalue weighted by molar-refractivity contribution is 0.112. The van der Waals surface area contributed by atoms with Gasteiger partial charge in [-0.3, -0.25) is 4.79 Å². The van der Waals surface area contributed by atoms with Crippen LogP contribution < -0.4 is 0 Å². The number of halogens is 3. The highest BCUT2D eigenvalue weighted by Gasteiger charge is 2.09. The van der Waals surface area contributed by atoms with Crippen LogP contribution in [0.2, 0.25) is 15.1 Å². The van der Waals surface area contributed by atoms with Crippen LogP contribution in [0.1, 0.15) is 15.9 Å². The van der Waals surface area contributed by atoms with Gasteiger partial charge in [-0.05, 0) is 29.8 Å². The zero-order valence-electron chi connectivity index (χ0n) is 10.8. The van der Waals surface area contributed by atoms with Crippen LogP contribution >= 0.6 is 34.8 Å². The number of aromatic nitrogens is 1. The van der Waals surface area contributed by atoms with Gasteiger partial charge in [0.15, 0.2) is 6.29 Å². The van der Waals surface area contributed by atoms with Crippen LogP contribution in [-0.2, 0) is 6.54 Å². The van der Waals surface area contributed by atoms with E-state index in [0.717, 1.165) is 22.8 Å². The van der Waals surface area contributed by atoms with Crippen molar-refractivity contribution in [1.82, 2.24) is 4.57 Å². The fourth-order valence-electron chi connectivity index (χ4n) is 2.35. The third-order valence-electron chi connectivity index (χ3n) is 3.34. The summed E-state index contributed by atoms with van der Waals surface area (Å²) in [5, 5.41) is 2.55. The van der Waals surface area contributed by atoms with Crippen LogP contribution in [0.3, 0.4) is 0 Å². The minimum Gasteiger partial charge on any atom is -0.342 e. The molecular formula is C16H10Cl3NO. The topological polar surface area (TPSA) is 22.0 Å².